The molecule has 1 amide bonds. The van der Waals surface area contributed by atoms with Crippen molar-refractivity contribution in [2.45, 2.75) is 19.3 Å². The van der Waals surface area contributed by atoms with Crippen LogP contribution >= 0.6 is 0 Å². The second kappa shape index (κ2) is 7.59. The number of fused-ring (bicyclic) bond motifs is 3. The van der Waals surface area contributed by atoms with Crippen LogP contribution < -0.4 is 10.5 Å². The number of hydrogen-bond acceptors (Lipinski definition) is 6. The van der Waals surface area contributed by atoms with Gasteiger partial charge in [-0.1, -0.05) is 12.1 Å². The number of nitrogen functional groups attached to an aromatic ring is 1. The summed E-state index contributed by atoms with van der Waals surface area (Å²) in [6.07, 6.45) is 0. The molecule has 1 saturated heterocycles. The molecule has 2 N–H and O–H groups in total. The number of nitrogens with two attached hydrogens (primary N) is 1. The van der Waals surface area contributed by atoms with Gasteiger partial charge in [-0.15, -0.1) is 0 Å². The Labute approximate surface area is 174 Å². The normalized spacial score (nSPS) is 18.4. The van der Waals surface area contributed by atoms with Crippen molar-refractivity contribution in [2.24, 2.45) is 0 Å². The van der Waals surface area contributed by atoms with Crippen molar-refractivity contribution >= 4 is 22.6 Å². The molecule has 2 aliphatic heterocycles. The molecule has 3 aromatic rings. The number of ether oxygens (including phenoxy) is 3. The third kappa shape index (κ3) is 3.16. The van der Waals surface area contributed by atoms with E-state index in [9.17, 15) is 4.79 Å². The molecule has 2 aliphatic rings. The number of nitrogens with zero attached hydrogens (tertiary/aromatic N) is 2. The van der Waals surface area contributed by atoms with Gasteiger partial charge < -0.3 is 24.8 Å². The number of carbonyl (C=O) groups excluding carboxylic acids is 1. The quantitative estimate of drug-likeness (QED) is 0.721. The molecule has 154 valence electrons. The summed E-state index contributed by atoms with van der Waals surface area (Å²) in [5, 5.41) is 0.928. The van der Waals surface area contributed by atoms with E-state index in [0.29, 0.717) is 44.4 Å². The predicted molar refractivity (Wildman–Crippen MR) is 112 cm³/mol. The molecule has 7 nitrogen and oxygen atoms in total. The first-order chi connectivity index (χ1) is 14.7. The zero-order valence-corrected chi connectivity index (χ0v) is 16.8. The number of rotatable bonds is 3. The van der Waals surface area contributed by atoms with Crippen molar-refractivity contribution in [2.75, 3.05) is 32.6 Å². The van der Waals surface area contributed by atoms with Gasteiger partial charge in [0.1, 0.15) is 11.6 Å². The fourth-order valence-corrected chi connectivity index (χ4v) is 4.22. The number of anilines is 1. The highest BCUT2D eigenvalue weighted by atomic mass is 16.5. The van der Waals surface area contributed by atoms with Crippen molar-refractivity contribution in [3.8, 4) is 5.75 Å². The molecule has 1 aromatic heterocycles. The van der Waals surface area contributed by atoms with Crippen LogP contribution in [0.1, 0.15) is 33.1 Å². The maximum absolute atomic E-state index is 13.5. The summed E-state index contributed by atoms with van der Waals surface area (Å²) in [6.45, 7) is 2.47. The molecule has 5 rings (SSSR count). The minimum absolute atomic E-state index is 0.0227. The van der Waals surface area contributed by atoms with E-state index in [1.54, 1.807) is 7.11 Å². The number of amides is 1. The van der Waals surface area contributed by atoms with E-state index in [-0.39, 0.29) is 11.9 Å². The van der Waals surface area contributed by atoms with Gasteiger partial charge in [0.25, 0.3) is 5.91 Å². The van der Waals surface area contributed by atoms with Gasteiger partial charge in [0.2, 0.25) is 0 Å². The number of carbonyl (C=O) groups is 1. The number of benzene rings is 2. The Kier molecular flexibility index (Phi) is 4.77. The molecule has 2 aromatic carbocycles. The molecule has 0 aliphatic carbocycles. The Morgan fingerprint density at radius 2 is 1.93 bits per heavy atom. The molecule has 3 heterocycles. The van der Waals surface area contributed by atoms with Crippen molar-refractivity contribution in [1.82, 2.24) is 9.88 Å². The minimum atomic E-state index is -0.147. The first kappa shape index (κ1) is 18.8. The summed E-state index contributed by atoms with van der Waals surface area (Å²) in [6, 6.07) is 13.2. The van der Waals surface area contributed by atoms with Crippen molar-refractivity contribution < 1.29 is 19.0 Å². The zero-order chi connectivity index (χ0) is 20.7. The monoisotopic (exact) mass is 405 g/mol. The van der Waals surface area contributed by atoms with Gasteiger partial charge in [0.05, 0.1) is 45.1 Å². The zero-order valence-electron chi connectivity index (χ0n) is 16.8. The molecule has 0 radical (unpaired) electrons. The van der Waals surface area contributed by atoms with Gasteiger partial charge in [0, 0.05) is 23.1 Å². The third-order valence-corrected chi connectivity index (χ3v) is 5.87. The van der Waals surface area contributed by atoms with Crippen LogP contribution in [0.15, 0.2) is 42.5 Å². The Bertz CT molecular complexity index is 1110. The van der Waals surface area contributed by atoms with Crippen LogP contribution in [0.5, 0.6) is 5.75 Å². The Balaban J connectivity index is 1.50. The number of morpholine rings is 1. The number of aromatic nitrogens is 1. The van der Waals surface area contributed by atoms with E-state index >= 15 is 0 Å². The maximum Gasteiger partial charge on any atom is 0.254 e. The average Bonchev–Trinajstić information content (AvgIpc) is 3.30. The van der Waals surface area contributed by atoms with Crippen molar-refractivity contribution in [3.05, 3.63) is 64.7 Å². The first-order valence-electron chi connectivity index (χ1n) is 9.97. The Morgan fingerprint density at radius 3 is 2.73 bits per heavy atom. The lowest BCUT2D eigenvalue weighted by Gasteiger charge is -2.36. The van der Waals surface area contributed by atoms with E-state index < -0.39 is 0 Å². The lowest BCUT2D eigenvalue weighted by molar-refractivity contribution is -0.00269. The fourth-order valence-electron chi connectivity index (χ4n) is 4.22. The summed E-state index contributed by atoms with van der Waals surface area (Å²) in [5.41, 5.74) is 10.5. The summed E-state index contributed by atoms with van der Waals surface area (Å²) < 4.78 is 16.5. The van der Waals surface area contributed by atoms with Gasteiger partial charge in [-0.25, -0.2) is 4.98 Å². The smallest absolute Gasteiger partial charge is 0.254 e. The van der Waals surface area contributed by atoms with Crippen molar-refractivity contribution in [1.29, 1.82) is 0 Å². The summed E-state index contributed by atoms with van der Waals surface area (Å²) >= 11 is 0. The first-order valence-corrected chi connectivity index (χ1v) is 9.97. The SMILES string of the molecule is COc1ccc([C@H]2COCCN2C(=O)c2ccc3nc(N)c4c(c3c2)COC4)cc1. The van der Waals surface area contributed by atoms with Crippen LogP contribution in [-0.4, -0.2) is 42.7 Å². The van der Waals surface area contributed by atoms with Gasteiger partial charge >= 0.3 is 0 Å². The van der Waals surface area contributed by atoms with Gasteiger partial charge in [0.15, 0.2) is 0 Å². The second-order valence-corrected chi connectivity index (χ2v) is 7.54. The summed E-state index contributed by atoms with van der Waals surface area (Å²) in [5.74, 6) is 1.26. The highest BCUT2D eigenvalue weighted by Gasteiger charge is 2.30. The molecular weight excluding hydrogens is 382 g/mol. The largest absolute Gasteiger partial charge is 0.497 e. The molecule has 7 heteroatoms. The van der Waals surface area contributed by atoms with Crippen LogP contribution in [0.25, 0.3) is 10.9 Å². The second-order valence-electron chi connectivity index (χ2n) is 7.54. The number of pyridine rings is 1. The predicted octanol–water partition coefficient (Wildman–Crippen LogP) is 3.07. The van der Waals surface area contributed by atoms with Crippen LogP contribution in [0.2, 0.25) is 0 Å². The average molecular weight is 405 g/mol. The molecule has 0 saturated carbocycles. The highest BCUT2D eigenvalue weighted by molar-refractivity contribution is 5.99. The van der Waals surface area contributed by atoms with E-state index in [0.717, 1.165) is 33.3 Å². The third-order valence-electron chi connectivity index (χ3n) is 5.87. The summed E-state index contributed by atoms with van der Waals surface area (Å²) in [7, 11) is 1.64. The van der Waals surface area contributed by atoms with Crippen molar-refractivity contribution in [3.63, 3.8) is 0 Å². The highest BCUT2D eigenvalue weighted by Crippen LogP contribution is 2.33. The lowest BCUT2D eigenvalue weighted by Crippen LogP contribution is -2.43. The molecule has 0 unspecified atom stereocenters. The fraction of sp³-hybridized carbons (Fsp3) is 0.304. The van der Waals surface area contributed by atoms with Crippen LogP contribution in [0.4, 0.5) is 5.82 Å². The minimum Gasteiger partial charge on any atom is -0.497 e. The summed E-state index contributed by atoms with van der Waals surface area (Å²) in [4.78, 5) is 19.8. The van der Waals surface area contributed by atoms with Gasteiger partial charge in [-0.3, -0.25) is 4.79 Å². The van der Waals surface area contributed by atoms with E-state index in [4.69, 9.17) is 19.9 Å². The van der Waals surface area contributed by atoms with Gasteiger partial charge in [-0.05, 0) is 41.5 Å². The lowest BCUT2D eigenvalue weighted by atomic mass is 10.0. The van der Waals surface area contributed by atoms with Crippen LogP contribution in [0, 0.1) is 0 Å². The van der Waals surface area contributed by atoms with Crippen LogP contribution in [-0.2, 0) is 22.7 Å². The molecule has 0 bridgehead atoms. The van der Waals surface area contributed by atoms with Gasteiger partial charge in [-0.2, -0.15) is 0 Å². The number of hydrogen-bond donors (Lipinski definition) is 1. The molecular formula is C23H23N3O4. The Hall–Kier alpha value is -3.16. The molecule has 0 spiro atoms. The van der Waals surface area contributed by atoms with E-state index in [1.165, 1.54) is 0 Å². The topological polar surface area (TPSA) is 86.9 Å². The molecule has 1 atom stereocenters. The molecule has 1 fully saturated rings. The number of methoxy groups -OCH3 is 1. The van der Waals surface area contributed by atoms with E-state index in [2.05, 4.69) is 4.98 Å². The maximum atomic E-state index is 13.5. The van der Waals surface area contributed by atoms with E-state index in [1.807, 2.05) is 47.4 Å². The molecule has 30 heavy (non-hydrogen) atoms. The Morgan fingerprint density at radius 1 is 1.13 bits per heavy atom. The standard InChI is InChI=1S/C23H23N3O4/c1-28-16-5-2-14(3-6-16)21-13-29-9-8-26(21)23(27)15-4-7-20-17(10-15)18-11-30-12-19(18)22(24)25-20/h2-7,10,21H,8-9,11-13H2,1H3,(H2,24,25)/t21-/m1/s1. The van der Waals surface area contributed by atoms with Crippen LogP contribution in [0.3, 0.4) is 0 Å².